The van der Waals surface area contributed by atoms with Gasteiger partial charge in [-0.25, -0.2) is 9.48 Å². The van der Waals surface area contributed by atoms with Crippen molar-refractivity contribution in [1.82, 2.24) is 15.1 Å². The van der Waals surface area contributed by atoms with Crippen molar-refractivity contribution in [2.24, 2.45) is 0 Å². The molecule has 1 N–H and O–H groups in total. The molecule has 0 fully saturated rings. The molecule has 0 saturated heterocycles. The lowest BCUT2D eigenvalue weighted by Gasteiger charge is -2.17. The third kappa shape index (κ3) is 5.41. The molecular weight excluding hydrogens is 448 g/mol. The summed E-state index contributed by atoms with van der Waals surface area (Å²) in [5, 5.41) is 18.4. The van der Waals surface area contributed by atoms with Crippen molar-refractivity contribution in [2.75, 3.05) is 7.11 Å². The lowest BCUT2D eigenvalue weighted by molar-refractivity contribution is -0.384. The predicted molar refractivity (Wildman–Crippen MR) is 129 cm³/mol. The second-order valence-corrected chi connectivity index (χ2v) is 7.70. The van der Waals surface area contributed by atoms with Gasteiger partial charge in [0.1, 0.15) is 0 Å². The molecule has 4 aromatic rings. The van der Waals surface area contributed by atoms with Gasteiger partial charge in [-0.1, -0.05) is 48.5 Å². The van der Waals surface area contributed by atoms with Gasteiger partial charge in [0.15, 0.2) is 6.04 Å². The smallest absolute Gasteiger partial charge is 0.333 e. The molecule has 0 radical (unpaired) electrons. The topological polar surface area (TPSA) is 116 Å². The van der Waals surface area contributed by atoms with Crippen LogP contribution < -0.4 is 5.32 Å². The highest BCUT2D eigenvalue weighted by Crippen LogP contribution is 2.26. The van der Waals surface area contributed by atoms with E-state index in [1.807, 2.05) is 36.4 Å². The Labute approximate surface area is 201 Å². The summed E-state index contributed by atoms with van der Waals surface area (Å²) in [6, 6.07) is 23.2. The van der Waals surface area contributed by atoms with Gasteiger partial charge in [0.25, 0.3) is 5.69 Å². The number of amides is 1. The summed E-state index contributed by atoms with van der Waals surface area (Å²) in [5.74, 6) is -0.986. The maximum Gasteiger partial charge on any atom is 0.333 e. The van der Waals surface area contributed by atoms with E-state index in [-0.39, 0.29) is 12.1 Å². The van der Waals surface area contributed by atoms with Gasteiger partial charge in [0.05, 0.1) is 29.8 Å². The van der Waals surface area contributed by atoms with Crippen molar-refractivity contribution in [3.05, 3.63) is 112 Å². The van der Waals surface area contributed by atoms with E-state index in [0.717, 1.165) is 5.69 Å². The number of ether oxygens (including phenoxy) is 1. The van der Waals surface area contributed by atoms with Gasteiger partial charge in [0, 0.05) is 29.5 Å². The Morgan fingerprint density at radius 2 is 1.63 bits per heavy atom. The largest absolute Gasteiger partial charge is 0.467 e. The molecule has 0 aliphatic carbocycles. The molecule has 0 spiro atoms. The second-order valence-electron chi connectivity index (χ2n) is 7.70. The summed E-state index contributed by atoms with van der Waals surface area (Å²) in [6.45, 7) is 0. The van der Waals surface area contributed by atoms with Gasteiger partial charge in [-0.15, -0.1) is 0 Å². The minimum atomic E-state index is -0.958. The van der Waals surface area contributed by atoms with Crippen LogP contribution in [0.25, 0.3) is 16.9 Å². The third-order valence-corrected chi connectivity index (χ3v) is 5.39. The SMILES string of the molecule is COC(=O)C(NC(=O)Cc1cn(-c2ccccc2)nc1-c1ccc([N+](=O)[O-])cc1)c1ccccc1. The number of non-ortho nitro benzene ring substituents is 1. The molecule has 176 valence electrons. The number of hydrogen-bond acceptors (Lipinski definition) is 6. The maximum atomic E-state index is 13.0. The number of nitrogens with one attached hydrogen (secondary N) is 1. The molecular formula is C26H22N4O5. The molecule has 0 bridgehead atoms. The standard InChI is InChI=1S/C26H22N4O5/c1-35-26(32)25(18-8-4-2-5-9-18)27-23(31)16-20-17-29(21-10-6-3-7-11-21)28-24(20)19-12-14-22(15-13-19)30(33)34/h2-15,17,25H,16H2,1H3,(H,27,31). The van der Waals surface area contributed by atoms with Crippen molar-refractivity contribution in [3.8, 4) is 16.9 Å². The van der Waals surface area contributed by atoms with Crippen molar-refractivity contribution in [2.45, 2.75) is 12.5 Å². The van der Waals surface area contributed by atoms with Crippen LogP contribution in [0.3, 0.4) is 0 Å². The first kappa shape index (κ1) is 23.4. The number of nitrogens with zero attached hydrogens (tertiary/aromatic N) is 3. The molecule has 1 heterocycles. The molecule has 9 nitrogen and oxygen atoms in total. The summed E-state index contributed by atoms with van der Waals surface area (Å²) in [7, 11) is 1.26. The van der Waals surface area contributed by atoms with Crippen LogP contribution in [0.1, 0.15) is 17.2 Å². The van der Waals surface area contributed by atoms with Crippen LogP contribution in [-0.2, 0) is 20.7 Å². The van der Waals surface area contributed by atoms with E-state index < -0.39 is 22.8 Å². The number of benzene rings is 3. The van der Waals surface area contributed by atoms with Crippen LogP contribution >= 0.6 is 0 Å². The zero-order valence-corrected chi connectivity index (χ0v) is 18.8. The number of hydrogen-bond donors (Lipinski definition) is 1. The van der Waals surface area contributed by atoms with Gasteiger partial charge in [-0.3, -0.25) is 14.9 Å². The molecule has 1 amide bonds. The third-order valence-electron chi connectivity index (χ3n) is 5.39. The van der Waals surface area contributed by atoms with Crippen molar-refractivity contribution >= 4 is 17.6 Å². The van der Waals surface area contributed by atoms with Crippen LogP contribution in [0.2, 0.25) is 0 Å². The van der Waals surface area contributed by atoms with Gasteiger partial charge in [-0.2, -0.15) is 5.10 Å². The molecule has 1 atom stereocenters. The Kier molecular flexibility index (Phi) is 6.96. The molecule has 0 aliphatic heterocycles. The van der Waals surface area contributed by atoms with Crippen molar-refractivity contribution < 1.29 is 19.2 Å². The highest BCUT2D eigenvalue weighted by Gasteiger charge is 2.25. The number of nitro groups is 1. The highest BCUT2D eigenvalue weighted by atomic mass is 16.6. The molecule has 1 aromatic heterocycles. The fraction of sp³-hybridized carbons (Fsp3) is 0.115. The Morgan fingerprint density at radius 3 is 2.23 bits per heavy atom. The zero-order valence-electron chi connectivity index (χ0n) is 18.8. The summed E-state index contributed by atoms with van der Waals surface area (Å²) >= 11 is 0. The molecule has 35 heavy (non-hydrogen) atoms. The maximum absolute atomic E-state index is 13.0. The summed E-state index contributed by atoms with van der Waals surface area (Å²) < 4.78 is 6.53. The fourth-order valence-electron chi connectivity index (χ4n) is 3.66. The summed E-state index contributed by atoms with van der Waals surface area (Å²) in [4.78, 5) is 36.0. The Bertz CT molecular complexity index is 1340. The normalized spacial score (nSPS) is 11.5. The number of methoxy groups -OCH3 is 1. The van der Waals surface area contributed by atoms with E-state index in [2.05, 4.69) is 10.4 Å². The minimum Gasteiger partial charge on any atom is -0.467 e. The molecule has 9 heteroatoms. The van der Waals surface area contributed by atoms with Crippen molar-refractivity contribution in [1.29, 1.82) is 0 Å². The first-order valence-corrected chi connectivity index (χ1v) is 10.8. The minimum absolute atomic E-state index is 0.0423. The number of carbonyl (C=O) groups excluding carboxylic acids is 2. The second kappa shape index (κ2) is 10.4. The molecule has 0 saturated carbocycles. The van der Waals surface area contributed by atoms with E-state index in [1.165, 1.54) is 19.2 Å². The van der Waals surface area contributed by atoms with E-state index in [4.69, 9.17) is 4.74 Å². The quantitative estimate of drug-likeness (QED) is 0.236. The monoisotopic (exact) mass is 470 g/mol. The Hall–Kier alpha value is -4.79. The molecule has 1 unspecified atom stereocenters. The number of esters is 1. The van der Waals surface area contributed by atoms with Crippen LogP contribution in [-0.4, -0.2) is 33.7 Å². The van der Waals surface area contributed by atoms with Gasteiger partial charge < -0.3 is 10.1 Å². The average Bonchev–Trinajstić information content (AvgIpc) is 3.31. The van der Waals surface area contributed by atoms with E-state index in [1.54, 1.807) is 47.3 Å². The van der Waals surface area contributed by atoms with Crippen LogP contribution in [0, 0.1) is 10.1 Å². The van der Waals surface area contributed by atoms with Gasteiger partial charge >= 0.3 is 5.97 Å². The number of para-hydroxylation sites is 1. The Morgan fingerprint density at radius 1 is 1.00 bits per heavy atom. The van der Waals surface area contributed by atoms with Crippen LogP contribution in [0.5, 0.6) is 0 Å². The lowest BCUT2D eigenvalue weighted by Crippen LogP contribution is -2.35. The fourth-order valence-corrected chi connectivity index (χ4v) is 3.66. The van der Waals surface area contributed by atoms with Crippen LogP contribution in [0.15, 0.2) is 91.1 Å². The van der Waals surface area contributed by atoms with Gasteiger partial charge in [-0.05, 0) is 29.8 Å². The lowest BCUT2D eigenvalue weighted by atomic mass is 10.0. The van der Waals surface area contributed by atoms with Crippen LogP contribution in [0.4, 0.5) is 5.69 Å². The number of nitro benzene ring substituents is 1. The summed E-state index contributed by atoms with van der Waals surface area (Å²) in [6.07, 6.45) is 1.67. The highest BCUT2D eigenvalue weighted by molar-refractivity contribution is 5.87. The zero-order chi connectivity index (χ0) is 24.8. The van der Waals surface area contributed by atoms with E-state index in [9.17, 15) is 19.7 Å². The first-order chi connectivity index (χ1) is 17.0. The molecule has 4 rings (SSSR count). The van der Waals surface area contributed by atoms with Gasteiger partial charge in [0.2, 0.25) is 5.91 Å². The average molecular weight is 470 g/mol. The molecule has 3 aromatic carbocycles. The number of aromatic nitrogens is 2. The summed E-state index contributed by atoms with van der Waals surface area (Å²) in [5.41, 5.74) is 3.08. The van der Waals surface area contributed by atoms with E-state index >= 15 is 0 Å². The predicted octanol–water partition coefficient (Wildman–Crippen LogP) is 4.02. The first-order valence-electron chi connectivity index (χ1n) is 10.8. The molecule has 0 aliphatic rings. The number of carbonyl (C=O) groups is 2. The van der Waals surface area contributed by atoms with E-state index in [0.29, 0.717) is 22.4 Å². The number of rotatable bonds is 8. The van der Waals surface area contributed by atoms with Crippen molar-refractivity contribution in [3.63, 3.8) is 0 Å². The Balaban J connectivity index is 1.65.